The van der Waals surface area contributed by atoms with Gasteiger partial charge in [0.25, 0.3) is 0 Å². The molecule has 6 heteroatoms. The van der Waals surface area contributed by atoms with Gasteiger partial charge in [-0.1, -0.05) is 29.8 Å². The number of benzene rings is 1. The molecule has 1 aromatic carbocycles. The Bertz CT molecular complexity index is 585. The van der Waals surface area contributed by atoms with Crippen LogP contribution in [0.25, 0.3) is 0 Å². The molecule has 2 aromatic rings. The molecule has 1 N–H and O–H groups in total. The average molecular weight is 253 g/mol. The van der Waals surface area contributed by atoms with Gasteiger partial charge in [0.05, 0.1) is 6.21 Å². The van der Waals surface area contributed by atoms with Crippen LogP contribution in [0.5, 0.6) is 0 Å². The summed E-state index contributed by atoms with van der Waals surface area (Å²) < 4.78 is 2.00. The van der Waals surface area contributed by atoms with Crippen molar-refractivity contribution in [3.63, 3.8) is 0 Å². The third-order valence-electron chi connectivity index (χ3n) is 2.03. The van der Waals surface area contributed by atoms with Crippen LogP contribution in [0.4, 0.5) is 0 Å². The second-order valence-electron chi connectivity index (χ2n) is 3.15. The molecule has 0 saturated carbocycles. The second-order valence-corrected chi connectivity index (χ2v) is 3.95. The van der Waals surface area contributed by atoms with Crippen LogP contribution in [0.1, 0.15) is 11.4 Å². The van der Waals surface area contributed by atoms with Gasteiger partial charge in [-0.2, -0.15) is 14.9 Å². The van der Waals surface area contributed by atoms with E-state index in [-0.39, 0.29) is 0 Å². The van der Waals surface area contributed by atoms with Crippen molar-refractivity contribution < 1.29 is 0 Å². The van der Waals surface area contributed by atoms with E-state index in [0.29, 0.717) is 15.6 Å². The monoisotopic (exact) mass is 252 g/mol. The molecule has 1 aromatic heterocycles. The maximum Gasteiger partial charge on any atom is 0.216 e. The van der Waals surface area contributed by atoms with E-state index >= 15 is 0 Å². The average Bonchev–Trinajstić information content (AvgIpc) is 2.58. The molecular weight excluding hydrogens is 244 g/mol. The van der Waals surface area contributed by atoms with E-state index in [0.717, 1.165) is 5.56 Å². The highest BCUT2D eigenvalue weighted by Gasteiger charge is 1.98. The van der Waals surface area contributed by atoms with Gasteiger partial charge >= 0.3 is 0 Å². The first kappa shape index (κ1) is 11.0. The molecule has 0 amide bonds. The lowest BCUT2D eigenvalue weighted by Crippen LogP contribution is -1.94. The molecule has 4 nitrogen and oxygen atoms in total. The Morgan fingerprint density at radius 1 is 1.50 bits per heavy atom. The van der Waals surface area contributed by atoms with Crippen molar-refractivity contribution >= 4 is 30.0 Å². The molecule has 0 radical (unpaired) electrons. The molecule has 0 aliphatic rings. The summed E-state index contributed by atoms with van der Waals surface area (Å²) in [6.07, 6.45) is 1.65. The zero-order chi connectivity index (χ0) is 11.5. The maximum absolute atomic E-state index is 5.99. The molecular formula is C10H9ClN4S. The van der Waals surface area contributed by atoms with Gasteiger partial charge in [0.15, 0.2) is 0 Å². The summed E-state index contributed by atoms with van der Waals surface area (Å²) in [7, 11) is 0. The maximum atomic E-state index is 5.99. The van der Waals surface area contributed by atoms with Crippen LogP contribution in [0.2, 0.25) is 5.02 Å². The molecule has 0 unspecified atom stereocenters. The molecule has 0 aliphatic heterocycles. The molecule has 16 heavy (non-hydrogen) atoms. The van der Waals surface area contributed by atoms with E-state index in [1.165, 1.54) is 0 Å². The largest absolute Gasteiger partial charge is 0.250 e. The number of nitrogens with one attached hydrogen (secondary N) is 1. The molecule has 0 bridgehead atoms. The summed E-state index contributed by atoms with van der Waals surface area (Å²) in [6, 6.07) is 7.46. The number of aromatic nitrogens is 3. The quantitative estimate of drug-likeness (QED) is 0.660. The normalized spacial score (nSPS) is 11.1. The molecule has 0 saturated heterocycles. The summed E-state index contributed by atoms with van der Waals surface area (Å²) in [4.78, 5) is 0. The van der Waals surface area contributed by atoms with Gasteiger partial charge in [0.2, 0.25) is 4.77 Å². The van der Waals surface area contributed by atoms with Crippen LogP contribution in [0.15, 0.2) is 29.4 Å². The molecule has 0 spiro atoms. The second kappa shape index (κ2) is 4.59. The van der Waals surface area contributed by atoms with E-state index in [1.54, 1.807) is 10.9 Å². The number of aryl methyl sites for hydroxylation is 1. The lowest BCUT2D eigenvalue weighted by Gasteiger charge is -1.97. The fourth-order valence-corrected chi connectivity index (χ4v) is 1.62. The smallest absolute Gasteiger partial charge is 0.216 e. The van der Waals surface area contributed by atoms with Gasteiger partial charge in [0.1, 0.15) is 5.82 Å². The van der Waals surface area contributed by atoms with Crippen LogP contribution in [-0.2, 0) is 0 Å². The van der Waals surface area contributed by atoms with Crippen LogP contribution in [-0.4, -0.2) is 21.1 Å². The topological polar surface area (TPSA) is 46.0 Å². The van der Waals surface area contributed by atoms with Crippen molar-refractivity contribution in [2.45, 2.75) is 6.92 Å². The highest BCUT2D eigenvalue weighted by atomic mass is 35.5. The summed E-state index contributed by atoms with van der Waals surface area (Å²) >= 11 is 11.0. The SMILES string of the molecule is Cc1n[nH]c(=S)n1/N=C/c1ccccc1Cl. The van der Waals surface area contributed by atoms with Crippen molar-refractivity contribution in [3.8, 4) is 0 Å². The molecule has 1 heterocycles. The Morgan fingerprint density at radius 2 is 2.25 bits per heavy atom. The van der Waals surface area contributed by atoms with Crippen molar-refractivity contribution in [1.82, 2.24) is 14.9 Å². The number of rotatable bonds is 2. The third-order valence-corrected chi connectivity index (χ3v) is 2.64. The van der Waals surface area contributed by atoms with Gasteiger partial charge in [-0.3, -0.25) is 5.10 Å². The fourth-order valence-electron chi connectivity index (χ4n) is 1.21. The van der Waals surface area contributed by atoms with Gasteiger partial charge in [-0.25, -0.2) is 0 Å². The Labute approximate surface area is 103 Å². The minimum Gasteiger partial charge on any atom is -0.250 e. The zero-order valence-corrected chi connectivity index (χ0v) is 10.1. The number of nitrogens with zero attached hydrogens (tertiary/aromatic N) is 3. The van der Waals surface area contributed by atoms with E-state index in [4.69, 9.17) is 23.8 Å². The standard InChI is InChI=1S/C10H9ClN4S/c1-7-13-14-10(16)15(7)12-6-8-4-2-3-5-9(8)11/h2-6H,1H3,(H,14,16)/b12-6+. The summed E-state index contributed by atoms with van der Waals surface area (Å²) in [5, 5.41) is 11.5. The summed E-state index contributed by atoms with van der Waals surface area (Å²) in [5.74, 6) is 0.702. The molecule has 0 atom stereocenters. The summed E-state index contributed by atoms with van der Waals surface area (Å²) in [5.41, 5.74) is 0.840. The highest BCUT2D eigenvalue weighted by Crippen LogP contribution is 2.12. The Balaban J connectivity index is 2.36. The minimum atomic E-state index is 0.459. The summed E-state index contributed by atoms with van der Waals surface area (Å²) in [6.45, 7) is 1.82. The molecule has 2 rings (SSSR count). The highest BCUT2D eigenvalue weighted by molar-refractivity contribution is 7.71. The number of hydrogen-bond donors (Lipinski definition) is 1. The van der Waals surface area contributed by atoms with Gasteiger partial charge in [-0.15, -0.1) is 0 Å². The van der Waals surface area contributed by atoms with Crippen LogP contribution in [0, 0.1) is 11.7 Å². The Kier molecular flexibility index (Phi) is 3.17. The fraction of sp³-hybridized carbons (Fsp3) is 0.100. The first-order valence-electron chi connectivity index (χ1n) is 4.61. The van der Waals surface area contributed by atoms with Crippen molar-refractivity contribution in [2.24, 2.45) is 5.10 Å². The lowest BCUT2D eigenvalue weighted by molar-refractivity contribution is 0.821. The number of aromatic amines is 1. The zero-order valence-electron chi connectivity index (χ0n) is 8.51. The first-order valence-corrected chi connectivity index (χ1v) is 5.40. The van der Waals surface area contributed by atoms with E-state index in [9.17, 15) is 0 Å². The van der Waals surface area contributed by atoms with Crippen molar-refractivity contribution in [1.29, 1.82) is 0 Å². The van der Waals surface area contributed by atoms with E-state index in [1.807, 2.05) is 31.2 Å². The number of halogens is 1. The molecule has 0 fully saturated rings. The number of H-pyrrole nitrogens is 1. The van der Waals surface area contributed by atoms with E-state index in [2.05, 4.69) is 15.3 Å². The first-order chi connectivity index (χ1) is 7.68. The van der Waals surface area contributed by atoms with Crippen molar-refractivity contribution in [2.75, 3.05) is 0 Å². The Morgan fingerprint density at radius 3 is 2.88 bits per heavy atom. The third kappa shape index (κ3) is 2.20. The van der Waals surface area contributed by atoms with Crippen LogP contribution in [0.3, 0.4) is 0 Å². The van der Waals surface area contributed by atoms with E-state index < -0.39 is 0 Å². The van der Waals surface area contributed by atoms with Crippen molar-refractivity contribution in [3.05, 3.63) is 45.4 Å². The van der Waals surface area contributed by atoms with Crippen LogP contribution < -0.4 is 0 Å². The van der Waals surface area contributed by atoms with Gasteiger partial charge in [0, 0.05) is 10.6 Å². The number of hydrogen-bond acceptors (Lipinski definition) is 3. The molecule has 82 valence electrons. The van der Waals surface area contributed by atoms with Crippen LogP contribution >= 0.6 is 23.8 Å². The lowest BCUT2D eigenvalue weighted by atomic mass is 10.2. The predicted molar refractivity (Wildman–Crippen MR) is 66.6 cm³/mol. The predicted octanol–water partition coefficient (Wildman–Crippen LogP) is 2.78. The van der Waals surface area contributed by atoms with Gasteiger partial charge < -0.3 is 0 Å². The molecule has 0 aliphatic carbocycles. The minimum absolute atomic E-state index is 0.459. The Hall–Kier alpha value is -1.46. The van der Waals surface area contributed by atoms with Gasteiger partial charge in [-0.05, 0) is 25.2 Å².